The van der Waals surface area contributed by atoms with E-state index in [-0.39, 0.29) is 6.04 Å². The molecule has 0 unspecified atom stereocenters. The van der Waals surface area contributed by atoms with Crippen molar-refractivity contribution in [3.8, 4) is 0 Å². The van der Waals surface area contributed by atoms with Gasteiger partial charge in [-0.1, -0.05) is 6.42 Å². The van der Waals surface area contributed by atoms with Gasteiger partial charge in [-0.2, -0.15) is 4.31 Å². The van der Waals surface area contributed by atoms with Gasteiger partial charge in [-0.3, -0.25) is 4.99 Å². The van der Waals surface area contributed by atoms with Crippen LogP contribution in [0.5, 0.6) is 0 Å². The second-order valence-electron chi connectivity index (χ2n) is 7.39. The number of rotatable bonds is 4. The van der Waals surface area contributed by atoms with Gasteiger partial charge in [0.05, 0.1) is 12.8 Å². The predicted octanol–water partition coefficient (Wildman–Crippen LogP) is 1.25. The van der Waals surface area contributed by atoms with Crippen LogP contribution >= 0.6 is 0 Å². The number of guanidine groups is 1. The lowest BCUT2D eigenvalue weighted by Gasteiger charge is -2.38. The molecule has 0 aromatic carbocycles. The molecular weight excluding hydrogens is 312 g/mol. The lowest BCUT2D eigenvalue weighted by Crippen LogP contribution is -2.43. The highest BCUT2D eigenvalue weighted by Crippen LogP contribution is 2.47. The Balaban J connectivity index is 1.65. The minimum Gasteiger partial charge on any atom is -0.357 e. The van der Waals surface area contributed by atoms with Crippen LogP contribution in [0.1, 0.15) is 45.4 Å². The monoisotopic (exact) mass is 342 g/mol. The molecule has 0 bridgehead atoms. The first kappa shape index (κ1) is 17.0. The largest absolute Gasteiger partial charge is 0.357 e. The van der Waals surface area contributed by atoms with Crippen molar-refractivity contribution in [2.45, 2.75) is 51.5 Å². The molecule has 0 aromatic rings. The van der Waals surface area contributed by atoms with Crippen LogP contribution in [0.4, 0.5) is 0 Å². The fourth-order valence-electron chi connectivity index (χ4n) is 4.25. The quantitative estimate of drug-likeness (QED) is 0.617. The Morgan fingerprint density at radius 1 is 1.26 bits per heavy atom. The van der Waals surface area contributed by atoms with Gasteiger partial charge in [0.15, 0.2) is 5.96 Å². The van der Waals surface area contributed by atoms with Crippen molar-refractivity contribution < 1.29 is 8.42 Å². The zero-order valence-corrected chi connectivity index (χ0v) is 15.2. The van der Waals surface area contributed by atoms with Crippen molar-refractivity contribution in [3.63, 3.8) is 0 Å². The van der Waals surface area contributed by atoms with Crippen molar-refractivity contribution in [1.82, 2.24) is 14.5 Å². The van der Waals surface area contributed by atoms with Gasteiger partial charge >= 0.3 is 0 Å². The van der Waals surface area contributed by atoms with Crippen LogP contribution in [0.3, 0.4) is 0 Å². The number of nitrogens with zero attached hydrogens (tertiary/aromatic N) is 3. The SMILES string of the molecule is CCNC(=NC[C@H]1CCCN1S(C)(=O)=O)N1CCC2(CCC2)C1. The molecule has 132 valence electrons. The summed E-state index contributed by atoms with van der Waals surface area (Å²) in [5.41, 5.74) is 0.544. The van der Waals surface area contributed by atoms with E-state index >= 15 is 0 Å². The minimum absolute atomic E-state index is 0.0268. The molecule has 0 aromatic heterocycles. The second kappa shape index (κ2) is 6.59. The third-order valence-electron chi connectivity index (χ3n) is 5.69. The summed E-state index contributed by atoms with van der Waals surface area (Å²) in [6.07, 6.45) is 8.52. The maximum atomic E-state index is 11.9. The zero-order valence-electron chi connectivity index (χ0n) is 14.4. The molecule has 6 nitrogen and oxygen atoms in total. The summed E-state index contributed by atoms with van der Waals surface area (Å²) in [6.45, 7) is 6.33. The smallest absolute Gasteiger partial charge is 0.211 e. The maximum absolute atomic E-state index is 11.9. The minimum atomic E-state index is -3.11. The Hall–Kier alpha value is -0.820. The van der Waals surface area contributed by atoms with Gasteiger partial charge in [0.1, 0.15) is 0 Å². The van der Waals surface area contributed by atoms with Crippen LogP contribution < -0.4 is 5.32 Å². The maximum Gasteiger partial charge on any atom is 0.211 e. The van der Waals surface area contributed by atoms with E-state index in [1.807, 2.05) is 0 Å². The van der Waals surface area contributed by atoms with Gasteiger partial charge in [0.2, 0.25) is 10.0 Å². The molecule has 0 amide bonds. The van der Waals surface area contributed by atoms with Crippen molar-refractivity contribution >= 4 is 16.0 Å². The van der Waals surface area contributed by atoms with Gasteiger partial charge in [0, 0.05) is 32.2 Å². The van der Waals surface area contributed by atoms with E-state index in [9.17, 15) is 8.42 Å². The van der Waals surface area contributed by atoms with E-state index in [1.165, 1.54) is 31.9 Å². The Kier molecular flexibility index (Phi) is 4.88. The summed E-state index contributed by atoms with van der Waals surface area (Å²) in [7, 11) is -3.11. The molecule has 1 aliphatic carbocycles. The van der Waals surface area contributed by atoms with Gasteiger partial charge < -0.3 is 10.2 Å². The average Bonchev–Trinajstić information content (AvgIpc) is 3.09. The van der Waals surface area contributed by atoms with Crippen LogP contribution in [0.25, 0.3) is 0 Å². The Morgan fingerprint density at radius 3 is 2.61 bits per heavy atom. The standard InChI is InChI=1S/C16H30N4O2S/c1-3-17-15(19-11-9-16(13-19)7-5-8-16)18-12-14-6-4-10-20(14)23(2,21)22/h14H,3-13H2,1-2H3,(H,17,18)/t14-/m1/s1. The molecule has 1 saturated carbocycles. The third kappa shape index (κ3) is 3.65. The molecule has 2 aliphatic heterocycles. The molecule has 2 saturated heterocycles. The lowest BCUT2D eigenvalue weighted by molar-refractivity contribution is 0.151. The second-order valence-corrected chi connectivity index (χ2v) is 9.32. The Morgan fingerprint density at radius 2 is 2.04 bits per heavy atom. The number of nitrogens with one attached hydrogen (secondary N) is 1. The highest BCUT2D eigenvalue weighted by molar-refractivity contribution is 7.88. The topological polar surface area (TPSA) is 65.0 Å². The van der Waals surface area contributed by atoms with E-state index in [0.717, 1.165) is 38.4 Å². The summed E-state index contributed by atoms with van der Waals surface area (Å²) < 4.78 is 25.3. The average molecular weight is 343 g/mol. The van der Waals surface area contributed by atoms with Crippen LogP contribution in [0.2, 0.25) is 0 Å². The molecule has 1 atom stereocenters. The van der Waals surface area contributed by atoms with E-state index in [4.69, 9.17) is 4.99 Å². The molecule has 2 heterocycles. The highest BCUT2D eigenvalue weighted by atomic mass is 32.2. The molecular formula is C16H30N4O2S. The normalized spacial score (nSPS) is 28.3. The summed E-state index contributed by atoms with van der Waals surface area (Å²) in [5.74, 6) is 0.969. The number of aliphatic imine (C=N–C) groups is 1. The summed E-state index contributed by atoms with van der Waals surface area (Å²) in [6, 6.07) is 0.0268. The zero-order chi connectivity index (χ0) is 16.5. The molecule has 3 rings (SSSR count). The fourth-order valence-corrected chi connectivity index (χ4v) is 5.42. The Labute approximate surface area is 140 Å². The van der Waals surface area contributed by atoms with Gasteiger partial charge in [-0.25, -0.2) is 8.42 Å². The molecule has 23 heavy (non-hydrogen) atoms. The third-order valence-corrected chi connectivity index (χ3v) is 7.02. The van der Waals surface area contributed by atoms with E-state index in [0.29, 0.717) is 18.5 Å². The van der Waals surface area contributed by atoms with Crippen LogP contribution in [-0.4, -0.2) is 68.6 Å². The molecule has 7 heteroatoms. The molecule has 0 radical (unpaired) electrons. The highest BCUT2D eigenvalue weighted by Gasteiger charge is 2.43. The number of sulfonamides is 1. The van der Waals surface area contributed by atoms with Gasteiger partial charge in [0.25, 0.3) is 0 Å². The first-order valence-corrected chi connectivity index (χ1v) is 10.8. The summed E-state index contributed by atoms with van der Waals surface area (Å²) in [4.78, 5) is 7.17. The van der Waals surface area contributed by atoms with Gasteiger partial charge in [-0.15, -0.1) is 0 Å². The van der Waals surface area contributed by atoms with E-state index in [1.54, 1.807) is 4.31 Å². The first-order valence-electron chi connectivity index (χ1n) is 8.94. The fraction of sp³-hybridized carbons (Fsp3) is 0.938. The van der Waals surface area contributed by atoms with Crippen molar-refractivity contribution in [3.05, 3.63) is 0 Å². The van der Waals surface area contributed by atoms with E-state index in [2.05, 4.69) is 17.1 Å². The summed E-state index contributed by atoms with van der Waals surface area (Å²) in [5, 5.41) is 3.40. The number of hydrogen-bond donors (Lipinski definition) is 1. The molecule has 1 spiro atoms. The van der Waals surface area contributed by atoms with Crippen molar-refractivity contribution in [2.75, 3.05) is 39.0 Å². The van der Waals surface area contributed by atoms with Crippen LogP contribution in [0.15, 0.2) is 4.99 Å². The van der Waals surface area contributed by atoms with Gasteiger partial charge in [-0.05, 0) is 44.4 Å². The molecule has 3 fully saturated rings. The molecule has 1 N–H and O–H groups in total. The number of likely N-dealkylation sites (tertiary alicyclic amines) is 1. The lowest BCUT2D eigenvalue weighted by atomic mass is 9.68. The number of hydrogen-bond acceptors (Lipinski definition) is 3. The summed E-state index contributed by atoms with van der Waals surface area (Å²) >= 11 is 0. The van der Waals surface area contributed by atoms with Crippen LogP contribution in [0, 0.1) is 5.41 Å². The molecule has 3 aliphatic rings. The predicted molar refractivity (Wildman–Crippen MR) is 93.0 cm³/mol. The van der Waals surface area contributed by atoms with Crippen molar-refractivity contribution in [2.24, 2.45) is 10.4 Å². The van der Waals surface area contributed by atoms with Crippen LogP contribution in [-0.2, 0) is 10.0 Å². The van der Waals surface area contributed by atoms with E-state index < -0.39 is 10.0 Å². The van der Waals surface area contributed by atoms with Crippen molar-refractivity contribution in [1.29, 1.82) is 0 Å². The first-order chi connectivity index (χ1) is 10.9. The Bertz CT molecular complexity index is 556.